The second kappa shape index (κ2) is 8.33. The van der Waals surface area contributed by atoms with Crippen LogP contribution in [0.15, 0.2) is 35.8 Å². The molecule has 146 valence electrons. The minimum absolute atomic E-state index is 0.00415. The predicted molar refractivity (Wildman–Crippen MR) is 81.8 cm³/mol. The molecule has 0 atom stereocenters. The Hall–Kier alpha value is -2.39. The van der Waals surface area contributed by atoms with Crippen LogP contribution in [0.25, 0.3) is 0 Å². The number of anilines is 1. The number of ether oxygens (including phenoxy) is 2. The normalized spacial score (nSPS) is 13.1. The number of likely N-dealkylation sites (N-methyl/N-ethyl adjacent to an activating group) is 1. The van der Waals surface area contributed by atoms with Gasteiger partial charge in [-0.3, -0.25) is 0 Å². The van der Waals surface area contributed by atoms with Crippen LogP contribution in [0.3, 0.4) is 0 Å². The number of halogens is 6. The van der Waals surface area contributed by atoms with E-state index in [0.717, 1.165) is 0 Å². The van der Waals surface area contributed by atoms with E-state index in [9.17, 15) is 31.1 Å². The minimum Gasteiger partial charge on any atom is -0.497 e. The van der Waals surface area contributed by atoms with E-state index in [2.05, 4.69) is 4.74 Å². The Morgan fingerprint density at radius 2 is 1.62 bits per heavy atom. The summed E-state index contributed by atoms with van der Waals surface area (Å²) in [5.74, 6) is -10.0. The van der Waals surface area contributed by atoms with Gasteiger partial charge in [-0.25, -0.2) is 9.18 Å². The average Bonchev–Trinajstić information content (AvgIpc) is 2.58. The Kier molecular flexibility index (Phi) is 6.93. The number of methoxy groups -OCH3 is 1. The summed E-state index contributed by atoms with van der Waals surface area (Å²) < 4.78 is 88.3. The van der Waals surface area contributed by atoms with Crippen molar-refractivity contribution in [2.75, 3.05) is 25.2 Å². The van der Waals surface area contributed by atoms with Gasteiger partial charge in [-0.1, -0.05) is 0 Å². The molecule has 0 aliphatic carbocycles. The van der Waals surface area contributed by atoms with E-state index >= 15 is 0 Å². The van der Waals surface area contributed by atoms with Crippen LogP contribution in [-0.4, -0.2) is 38.3 Å². The van der Waals surface area contributed by atoms with Crippen LogP contribution in [0.4, 0.5) is 32.0 Å². The first-order valence-corrected chi connectivity index (χ1v) is 7.44. The quantitative estimate of drug-likeness (QED) is 0.395. The van der Waals surface area contributed by atoms with Crippen molar-refractivity contribution in [3.63, 3.8) is 0 Å². The van der Waals surface area contributed by atoms with Crippen LogP contribution in [0.1, 0.15) is 13.8 Å². The van der Waals surface area contributed by atoms with Gasteiger partial charge >= 0.3 is 18.1 Å². The van der Waals surface area contributed by atoms with Crippen molar-refractivity contribution in [2.24, 2.45) is 0 Å². The molecule has 0 amide bonds. The third kappa shape index (κ3) is 4.41. The van der Waals surface area contributed by atoms with Gasteiger partial charge in [0.05, 0.1) is 13.7 Å². The van der Waals surface area contributed by atoms with E-state index in [1.54, 1.807) is 0 Å². The Morgan fingerprint density at radius 1 is 1.08 bits per heavy atom. The molecule has 0 spiro atoms. The monoisotopic (exact) mass is 385 g/mol. The lowest BCUT2D eigenvalue weighted by Crippen LogP contribution is -2.41. The number of rotatable bonds is 7. The first-order chi connectivity index (χ1) is 12.0. The molecule has 0 N–H and O–H groups in total. The minimum atomic E-state index is -6.21. The largest absolute Gasteiger partial charge is 0.497 e. The second-order valence-electron chi connectivity index (χ2n) is 4.90. The maximum Gasteiger partial charge on any atom is 0.460 e. The molecule has 0 aromatic heterocycles. The smallest absolute Gasteiger partial charge is 0.460 e. The molecule has 4 nitrogen and oxygen atoms in total. The van der Waals surface area contributed by atoms with E-state index in [1.807, 2.05) is 0 Å². The van der Waals surface area contributed by atoms with Gasteiger partial charge < -0.3 is 14.4 Å². The topological polar surface area (TPSA) is 38.8 Å². The number of allylic oxidation sites excluding steroid dienone is 1. The molecule has 0 aliphatic heterocycles. The lowest BCUT2D eigenvalue weighted by molar-refractivity contribution is -0.270. The van der Waals surface area contributed by atoms with Crippen molar-refractivity contribution in [1.29, 1.82) is 0 Å². The number of carbonyl (C=O) groups excluding carboxylic acids is 1. The highest BCUT2D eigenvalue weighted by molar-refractivity contribution is 5.93. The summed E-state index contributed by atoms with van der Waals surface area (Å²) in [5.41, 5.74) is -1.51. The molecule has 1 aromatic carbocycles. The molecule has 0 saturated carbocycles. The molecule has 1 aromatic rings. The molecule has 1 rings (SSSR count). The highest BCUT2D eigenvalue weighted by atomic mass is 19.4. The van der Waals surface area contributed by atoms with E-state index in [4.69, 9.17) is 4.74 Å². The maximum absolute atomic E-state index is 14.2. The highest BCUT2D eigenvalue weighted by Crippen LogP contribution is 2.44. The standard InChI is InChI=1S/C16H17F6NO3/c1-4-23(10-6-8-11(25-3)9-7-10)12(14(24)26-5-2)13(17)15(18,19)16(20,21)22/h6-9H,4-5H2,1-3H3/b13-12+. The zero-order chi connectivity index (χ0) is 20.1. The third-order valence-electron chi connectivity index (χ3n) is 3.28. The van der Waals surface area contributed by atoms with E-state index < -0.39 is 29.6 Å². The summed E-state index contributed by atoms with van der Waals surface area (Å²) >= 11 is 0. The van der Waals surface area contributed by atoms with Crippen molar-refractivity contribution in [1.82, 2.24) is 0 Å². The van der Waals surface area contributed by atoms with Gasteiger partial charge in [-0.15, -0.1) is 0 Å². The van der Waals surface area contributed by atoms with Gasteiger partial charge in [-0.2, -0.15) is 22.0 Å². The van der Waals surface area contributed by atoms with Crippen LogP contribution >= 0.6 is 0 Å². The van der Waals surface area contributed by atoms with Gasteiger partial charge in [0.2, 0.25) is 5.83 Å². The van der Waals surface area contributed by atoms with Crippen molar-refractivity contribution in [3.05, 3.63) is 35.8 Å². The Balaban J connectivity index is 3.56. The highest BCUT2D eigenvalue weighted by Gasteiger charge is 2.63. The van der Waals surface area contributed by atoms with E-state index in [-0.39, 0.29) is 18.8 Å². The molecule has 0 unspecified atom stereocenters. The van der Waals surface area contributed by atoms with Crippen LogP contribution in [0.2, 0.25) is 0 Å². The number of carbonyl (C=O) groups is 1. The fourth-order valence-corrected chi connectivity index (χ4v) is 2.02. The van der Waals surface area contributed by atoms with Crippen LogP contribution in [0, 0.1) is 0 Å². The summed E-state index contributed by atoms with van der Waals surface area (Å²) in [7, 11) is 1.36. The molecule has 0 saturated heterocycles. The summed E-state index contributed by atoms with van der Waals surface area (Å²) in [6.07, 6.45) is -6.21. The first kappa shape index (κ1) is 21.7. The Bertz CT molecular complexity index is 655. The fraction of sp³-hybridized carbons (Fsp3) is 0.438. The maximum atomic E-state index is 14.2. The molecule has 0 bridgehead atoms. The zero-order valence-electron chi connectivity index (χ0n) is 14.2. The summed E-state index contributed by atoms with van der Waals surface area (Å²) in [6.45, 7) is 2.04. The number of hydrogen-bond acceptors (Lipinski definition) is 4. The van der Waals surface area contributed by atoms with Crippen molar-refractivity contribution in [2.45, 2.75) is 25.9 Å². The first-order valence-electron chi connectivity index (χ1n) is 7.44. The van der Waals surface area contributed by atoms with Gasteiger partial charge in [0.1, 0.15) is 5.75 Å². The fourth-order valence-electron chi connectivity index (χ4n) is 2.02. The van der Waals surface area contributed by atoms with E-state index in [0.29, 0.717) is 10.6 Å². The molecule has 0 radical (unpaired) electrons. The second-order valence-corrected chi connectivity index (χ2v) is 4.90. The number of nitrogens with zero attached hydrogens (tertiary/aromatic N) is 1. The molecular weight excluding hydrogens is 368 g/mol. The van der Waals surface area contributed by atoms with Gasteiger partial charge in [-0.05, 0) is 38.1 Å². The zero-order valence-corrected chi connectivity index (χ0v) is 14.2. The Labute approximate surface area is 146 Å². The van der Waals surface area contributed by atoms with E-state index in [1.165, 1.54) is 45.2 Å². The predicted octanol–water partition coefficient (Wildman–Crippen LogP) is 4.46. The van der Waals surface area contributed by atoms with Crippen molar-refractivity contribution < 1.29 is 40.6 Å². The number of benzene rings is 1. The molecule has 0 heterocycles. The lowest BCUT2D eigenvalue weighted by Gasteiger charge is -2.28. The van der Waals surface area contributed by atoms with Gasteiger partial charge in [0, 0.05) is 12.2 Å². The van der Waals surface area contributed by atoms with Gasteiger partial charge in [0.25, 0.3) is 0 Å². The van der Waals surface area contributed by atoms with Crippen LogP contribution < -0.4 is 9.64 Å². The molecule has 0 fully saturated rings. The summed E-state index contributed by atoms with van der Waals surface area (Å²) in [5, 5.41) is 0. The molecule has 10 heteroatoms. The van der Waals surface area contributed by atoms with Crippen LogP contribution in [0.5, 0.6) is 5.75 Å². The third-order valence-corrected chi connectivity index (χ3v) is 3.28. The summed E-state index contributed by atoms with van der Waals surface area (Å²) in [6, 6.07) is 5.31. The Morgan fingerprint density at radius 3 is 2.00 bits per heavy atom. The SMILES string of the molecule is CCOC(=O)/C(=C(\F)C(F)(F)C(F)(F)F)N(CC)c1ccc(OC)cc1. The molecular formula is C16H17F6NO3. The van der Waals surface area contributed by atoms with Crippen LogP contribution in [-0.2, 0) is 9.53 Å². The lowest BCUT2D eigenvalue weighted by atomic mass is 10.1. The van der Waals surface area contributed by atoms with Crippen molar-refractivity contribution >= 4 is 11.7 Å². The molecule has 0 aliphatic rings. The summed E-state index contributed by atoms with van der Waals surface area (Å²) in [4.78, 5) is 12.6. The van der Waals surface area contributed by atoms with Crippen molar-refractivity contribution in [3.8, 4) is 5.75 Å². The number of esters is 1. The number of alkyl halides is 5. The molecule has 26 heavy (non-hydrogen) atoms. The average molecular weight is 385 g/mol. The number of hydrogen-bond donors (Lipinski definition) is 0. The van der Waals surface area contributed by atoms with Gasteiger partial charge in [0.15, 0.2) is 5.70 Å².